The minimum atomic E-state index is -0.183. The van der Waals surface area contributed by atoms with Crippen molar-refractivity contribution in [1.82, 2.24) is 0 Å². The Hall–Kier alpha value is 1.93. The molecular formula is BBr3P. The molecule has 0 fully saturated rings. The van der Waals surface area contributed by atoms with Crippen molar-refractivity contribution in [3.05, 3.63) is 0 Å². The number of rotatable bonds is 0. The molecule has 5 heteroatoms. The fraction of sp³-hybridized carbons (Fsp3) is 0. The molecule has 0 bridgehead atoms. The van der Waals surface area contributed by atoms with Crippen LogP contribution in [0, 0.1) is 0 Å². The first-order chi connectivity index (χ1) is 1.73. The molecule has 0 saturated carbocycles. The van der Waals surface area contributed by atoms with Crippen LogP contribution in [-0.2, 0) is 0 Å². The Bertz CT molecular complexity index is 11.6. The van der Waals surface area contributed by atoms with Crippen LogP contribution < -0.4 is 0 Å². The van der Waals surface area contributed by atoms with Crippen molar-refractivity contribution in [2.75, 3.05) is 0 Å². The lowest BCUT2D eigenvalue weighted by Gasteiger charge is -1.70. The molecular weight excluding hydrogens is 281 g/mol. The second-order valence-electron chi connectivity index (χ2n) is 0.192. The molecule has 0 aromatic rings. The molecule has 0 rings (SSSR count). The van der Waals surface area contributed by atoms with E-state index < -0.39 is 0 Å². The maximum atomic E-state index is 3.17. The second-order valence-corrected chi connectivity index (χ2v) is 15.5. The predicted molar refractivity (Wildman–Crippen MR) is 39.5 cm³/mol. The van der Waals surface area contributed by atoms with Gasteiger partial charge in [-0.2, -0.15) is 0 Å². The topological polar surface area (TPSA) is 0 Å². The van der Waals surface area contributed by atoms with Crippen molar-refractivity contribution in [3.8, 4) is 0 Å². The summed E-state index contributed by atoms with van der Waals surface area (Å²) in [5.41, 5.74) is 0. The Morgan fingerprint density at radius 3 is 1.00 bits per heavy atom. The van der Waals surface area contributed by atoms with Gasteiger partial charge >= 0.3 is 0 Å². The summed E-state index contributed by atoms with van der Waals surface area (Å²) in [5.74, 6) is 0. The normalized spacial score (nSPS) is 7.20. The molecule has 0 aliphatic heterocycles. The third-order valence-corrected chi connectivity index (χ3v) is 0. The standard InChI is InChI=1S/B.Br3P/c;1-4(2)3. The van der Waals surface area contributed by atoms with E-state index in [1.54, 1.807) is 0 Å². The first-order valence-electron chi connectivity index (χ1n) is 0.507. The van der Waals surface area contributed by atoms with Crippen LogP contribution in [0.1, 0.15) is 0 Å². The van der Waals surface area contributed by atoms with Crippen molar-refractivity contribution in [1.29, 1.82) is 0 Å². The van der Waals surface area contributed by atoms with Crippen LogP contribution >= 0.6 is 50.5 Å². The molecule has 0 aromatic carbocycles. The Kier molecular flexibility index (Phi) is 11.9. The third kappa shape index (κ3) is 24.5. The molecule has 0 nitrogen and oxygen atoms in total. The van der Waals surface area contributed by atoms with E-state index in [1.165, 1.54) is 0 Å². The van der Waals surface area contributed by atoms with Gasteiger partial charge in [-0.15, -0.1) is 0 Å². The van der Waals surface area contributed by atoms with Gasteiger partial charge in [-0.25, -0.2) is 0 Å². The van der Waals surface area contributed by atoms with Crippen molar-refractivity contribution < 1.29 is 0 Å². The summed E-state index contributed by atoms with van der Waals surface area (Å²) in [4.78, 5) is 0. The molecule has 0 unspecified atom stereocenters. The van der Waals surface area contributed by atoms with Crippen molar-refractivity contribution in [3.63, 3.8) is 0 Å². The molecule has 0 N–H and O–H groups in total. The molecule has 0 amide bonds. The fourth-order valence-electron chi connectivity index (χ4n) is 0. The lowest BCUT2D eigenvalue weighted by Crippen LogP contribution is -0.878. The SMILES string of the molecule is BrP(Br)Br.[B]. The predicted octanol–water partition coefficient (Wildman–Crippen LogP) is 3.02. The van der Waals surface area contributed by atoms with Crippen LogP contribution in [0.25, 0.3) is 0 Å². The van der Waals surface area contributed by atoms with E-state index in [2.05, 4.69) is 46.5 Å². The first-order valence-corrected chi connectivity index (χ1v) is 7.90. The summed E-state index contributed by atoms with van der Waals surface area (Å²) in [6, 6.07) is 0. The Labute approximate surface area is 58.6 Å². The van der Waals surface area contributed by atoms with Crippen LogP contribution in [0.3, 0.4) is 0 Å². The summed E-state index contributed by atoms with van der Waals surface area (Å²) in [6.07, 6.45) is 0. The second kappa shape index (κ2) is 5.93. The smallest absolute Gasteiger partial charge is 0.0344 e. The van der Waals surface area contributed by atoms with E-state index in [0.29, 0.717) is 0 Å². The maximum absolute atomic E-state index is 3.17. The zero-order valence-corrected chi connectivity index (χ0v) is 7.81. The van der Waals surface area contributed by atoms with Crippen molar-refractivity contribution >= 4 is 58.9 Å². The zero-order valence-electron chi connectivity index (χ0n) is 2.16. The fourth-order valence-corrected chi connectivity index (χ4v) is 0. The summed E-state index contributed by atoms with van der Waals surface area (Å²) in [7, 11) is 0. The van der Waals surface area contributed by atoms with Gasteiger partial charge in [0.15, 0.2) is 0 Å². The monoisotopic (exact) mass is 279 g/mol. The van der Waals surface area contributed by atoms with E-state index in [-0.39, 0.29) is 12.4 Å². The van der Waals surface area contributed by atoms with Crippen LogP contribution in [-0.4, -0.2) is 8.41 Å². The largest absolute Gasteiger partial charge is 0.103 e. The van der Waals surface area contributed by atoms with E-state index in [9.17, 15) is 0 Å². The van der Waals surface area contributed by atoms with E-state index in [4.69, 9.17) is 0 Å². The van der Waals surface area contributed by atoms with Gasteiger partial charge in [0.25, 0.3) is 0 Å². The highest BCUT2D eigenvalue weighted by Gasteiger charge is 1.77. The van der Waals surface area contributed by atoms with Crippen LogP contribution in [0.4, 0.5) is 0 Å². The van der Waals surface area contributed by atoms with Crippen LogP contribution in [0.5, 0.6) is 0 Å². The van der Waals surface area contributed by atoms with Gasteiger partial charge in [0.1, 0.15) is 4.03 Å². The molecule has 0 saturated heterocycles. The first kappa shape index (κ1) is 10.0. The molecule has 29 valence electrons. The van der Waals surface area contributed by atoms with E-state index in [1.807, 2.05) is 0 Å². The minimum absolute atomic E-state index is 0. The lowest BCUT2D eigenvalue weighted by molar-refractivity contribution is 5.75. The summed E-state index contributed by atoms with van der Waals surface area (Å²) < 4.78 is -0.183. The summed E-state index contributed by atoms with van der Waals surface area (Å²) in [5, 5.41) is 0. The Morgan fingerprint density at radius 1 is 1.00 bits per heavy atom. The average Bonchev–Trinajstić information content (AvgIpc) is 0.811. The number of hydrogen-bond acceptors (Lipinski definition) is 0. The van der Waals surface area contributed by atoms with Crippen molar-refractivity contribution in [2.24, 2.45) is 0 Å². The van der Waals surface area contributed by atoms with Gasteiger partial charge in [-0.3, -0.25) is 0 Å². The maximum Gasteiger partial charge on any atom is 0.103 e. The molecule has 5 heavy (non-hydrogen) atoms. The summed E-state index contributed by atoms with van der Waals surface area (Å²) in [6.45, 7) is 0. The quantitative estimate of drug-likeness (QED) is 0.473. The molecule has 3 radical (unpaired) electrons. The van der Waals surface area contributed by atoms with Gasteiger partial charge in [0.2, 0.25) is 0 Å². The van der Waals surface area contributed by atoms with Gasteiger partial charge < -0.3 is 0 Å². The van der Waals surface area contributed by atoms with E-state index >= 15 is 0 Å². The van der Waals surface area contributed by atoms with Crippen LogP contribution in [0.15, 0.2) is 0 Å². The Balaban J connectivity index is 0. The lowest BCUT2D eigenvalue weighted by atomic mass is 10.8. The highest BCUT2D eigenvalue weighted by atomic mass is 80.0. The number of halogens is 3. The van der Waals surface area contributed by atoms with Crippen molar-refractivity contribution in [2.45, 2.75) is 0 Å². The molecule has 0 aliphatic rings. The zero-order chi connectivity index (χ0) is 3.58. The molecule has 0 aliphatic carbocycles. The van der Waals surface area contributed by atoms with Gasteiger partial charge in [0.05, 0.1) is 0 Å². The number of hydrogen-bond donors (Lipinski definition) is 0. The van der Waals surface area contributed by atoms with Gasteiger partial charge in [-0.1, -0.05) is 0 Å². The molecule has 0 aromatic heterocycles. The molecule has 0 atom stereocenters. The van der Waals surface area contributed by atoms with Gasteiger partial charge in [0, 0.05) is 8.41 Å². The highest BCUT2D eigenvalue weighted by Crippen LogP contribution is 2.59. The minimum Gasteiger partial charge on any atom is -0.0344 e. The van der Waals surface area contributed by atoms with Crippen LogP contribution in [0.2, 0.25) is 0 Å². The van der Waals surface area contributed by atoms with Gasteiger partial charge in [-0.05, 0) is 46.5 Å². The van der Waals surface area contributed by atoms with E-state index in [0.717, 1.165) is 0 Å². The Morgan fingerprint density at radius 2 is 1.00 bits per heavy atom. The molecule has 0 heterocycles. The average molecular weight is 281 g/mol. The highest BCUT2D eigenvalue weighted by molar-refractivity contribution is 9.93. The molecule has 0 spiro atoms. The third-order valence-electron chi connectivity index (χ3n) is 0. The summed E-state index contributed by atoms with van der Waals surface area (Å²) >= 11 is 9.51.